The van der Waals surface area contributed by atoms with Crippen molar-refractivity contribution in [1.82, 2.24) is 25.1 Å². The van der Waals surface area contributed by atoms with E-state index in [1.807, 2.05) is 14.1 Å². The Morgan fingerprint density at radius 1 is 1.13 bits per heavy atom. The number of rotatable bonds is 8. The van der Waals surface area contributed by atoms with E-state index in [2.05, 4.69) is 20.6 Å². The van der Waals surface area contributed by atoms with Gasteiger partial charge in [0.15, 0.2) is 11.6 Å². The number of likely N-dealkylation sites (N-methyl/N-ethyl adjacent to an activating group) is 1. The molecule has 12 nitrogen and oxygen atoms in total. The van der Waals surface area contributed by atoms with Gasteiger partial charge in [-0.2, -0.15) is 13.8 Å². The van der Waals surface area contributed by atoms with Gasteiger partial charge in [0.1, 0.15) is 11.4 Å². The molecule has 0 bridgehead atoms. The van der Waals surface area contributed by atoms with Crippen LogP contribution in [0.5, 0.6) is 5.75 Å². The number of amides is 3. The summed E-state index contributed by atoms with van der Waals surface area (Å²) in [5.74, 6) is -6.26. The summed E-state index contributed by atoms with van der Waals surface area (Å²) in [6, 6.07) is 2.14. The minimum absolute atomic E-state index is 0.0117. The maximum absolute atomic E-state index is 15.9. The van der Waals surface area contributed by atoms with Crippen molar-refractivity contribution in [2.45, 2.75) is 56.5 Å². The van der Waals surface area contributed by atoms with Gasteiger partial charge in [0.05, 0.1) is 37.6 Å². The van der Waals surface area contributed by atoms with Crippen LogP contribution in [0.15, 0.2) is 18.3 Å². The van der Waals surface area contributed by atoms with E-state index in [1.54, 1.807) is 9.80 Å². The van der Waals surface area contributed by atoms with Crippen LogP contribution in [-0.4, -0.2) is 110 Å². The topological polar surface area (TPSA) is 123 Å². The number of piperidine rings is 1. The van der Waals surface area contributed by atoms with E-state index in [-0.39, 0.29) is 52.4 Å². The van der Waals surface area contributed by atoms with Crippen molar-refractivity contribution in [3.05, 3.63) is 29.7 Å². The summed E-state index contributed by atoms with van der Waals surface area (Å²) in [5, 5.41) is 5.65. The number of hydrogen-bond acceptors (Lipinski definition) is 9. The van der Waals surface area contributed by atoms with Crippen molar-refractivity contribution in [3.63, 3.8) is 0 Å². The molecule has 0 unspecified atom stereocenters. The van der Waals surface area contributed by atoms with E-state index in [0.29, 0.717) is 45.3 Å². The number of carbonyl (C=O) groups excluding carboxylic acids is 3. The summed E-state index contributed by atoms with van der Waals surface area (Å²) >= 11 is 0. The van der Waals surface area contributed by atoms with Crippen molar-refractivity contribution in [3.8, 4) is 5.75 Å². The standard InChI is InChI=1S/C30H39F3N8O4/c1-38(2)16-24(42)40-11-9-18(10-12-40)35-27(43)21-13-20(45-4)14-22(25(21)31)36-29-34-15-23-26(37-29)41(19-7-5-6-8-19)17-30(32,33)28(44)39(23)3/h13-15,18-19H,5-12,16-17H2,1-4H3,(H,35,43)(H,34,36,37). The molecule has 15 heteroatoms. The summed E-state index contributed by atoms with van der Waals surface area (Å²) in [7, 11) is 6.28. The predicted octanol–water partition coefficient (Wildman–Crippen LogP) is 3.01. The highest BCUT2D eigenvalue weighted by molar-refractivity contribution is 6.02. The molecule has 0 radical (unpaired) electrons. The number of aromatic nitrogens is 2. The second-order valence-corrected chi connectivity index (χ2v) is 12.1. The van der Waals surface area contributed by atoms with E-state index in [9.17, 15) is 23.2 Å². The molecule has 2 N–H and O–H groups in total. The fraction of sp³-hybridized carbons (Fsp3) is 0.567. The number of methoxy groups -OCH3 is 1. The Labute approximate surface area is 259 Å². The van der Waals surface area contributed by atoms with Crippen LogP contribution in [0.3, 0.4) is 0 Å². The van der Waals surface area contributed by atoms with Crippen LogP contribution >= 0.6 is 0 Å². The molecule has 2 aromatic rings. The number of carbonyl (C=O) groups is 3. The van der Waals surface area contributed by atoms with Gasteiger partial charge in [0.25, 0.3) is 11.8 Å². The van der Waals surface area contributed by atoms with E-state index >= 15 is 4.39 Å². The number of hydrogen-bond donors (Lipinski definition) is 2. The molecule has 45 heavy (non-hydrogen) atoms. The van der Waals surface area contributed by atoms with Gasteiger partial charge in [0, 0.05) is 38.3 Å². The summed E-state index contributed by atoms with van der Waals surface area (Å²) in [6.07, 6.45) is 5.40. The molecule has 3 amide bonds. The lowest BCUT2D eigenvalue weighted by Crippen LogP contribution is -2.48. The minimum atomic E-state index is -3.63. The molecule has 244 valence electrons. The fourth-order valence-corrected chi connectivity index (χ4v) is 6.10. The zero-order valence-electron chi connectivity index (χ0n) is 25.9. The Bertz CT molecular complexity index is 1440. The van der Waals surface area contributed by atoms with Gasteiger partial charge in [0.2, 0.25) is 11.9 Å². The number of benzene rings is 1. The van der Waals surface area contributed by atoms with Crippen LogP contribution in [0.2, 0.25) is 0 Å². The Balaban J connectivity index is 1.37. The third-order valence-electron chi connectivity index (χ3n) is 8.54. The Morgan fingerprint density at radius 3 is 2.47 bits per heavy atom. The molecule has 0 atom stereocenters. The van der Waals surface area contributed by atoms with Gasteiger partial charge in [-0.3, -0.25) is 14.4 Å². The molecule has 1 saturated carbocycles. The van der Waals surface area contributed by atoms with Crippen molar-refractivity contribution < 1.29 is 32.3 Å². The van der Waals surface area contributed by atoms with E-state index in [0.717, 1.165) is 17.7 Å². The fourth-order valence-electron chi connectivity index (χ4n) is 6.10. The molecule has 5 rings (SSSR count). The van der Waals surface area contributed by atoms with E-state index in [1.165, 1.54) is 37.4 Å². The zero-order chi connectivity index (χ0) is 32.5. The number of anilines is 4. The molecule has 0 spiro atoms. The van der Waals surface area contributed by atoms with Gasteiger partial charge in [-0.25, -0.2) is 9.37 Å². The molecular formula is C30H39F3N8O4. The lowest BCUT2D eigenvalue weighted by atomic mass is 10.0. The number of nitrogens with one attached hydrogen (secondary N) is 2. The number of halogens is 3. The first-order valence-electron chi connectivity index (χ1n) is 15.1. The number of nitrogens with zero attached hydrogens (tertiary/aromatic N) is 6. The number of alkyl halides is 2. The van der Waals surface area contributed by atoms with Crippen LogP contribution in [0.25, 0.3) is 0 Å². The highest BCUT2D eigenvalue weighted by Crippen LogP contribution is 2.40. The van der Waals surface area contributed by atoms with Crippen LogP contribution in [-0.2, 0) is 9.59 Å². The third kappa shape index (κ3) is 6.92. The van der Waals surface area contributed by atoms with Gasteiger partial charge >= 0.3 is 5.92 Å². The SMILES string of the molecule is COc1cc(Nc2ncc3c(n2)N(C2CCCC2)CC(F)(F)C(=O)N3C)c(F)c(C(=O)NC2CCN(C(=O)CN(C)C)CC2)c1. The average Bonchev–Trinajstić information content (AvgIpc) is 3.53. The molecule has 1 aromatic heterocycles. The monoisotopic (exact) mass is 632 g/mol. The van der Waals surface area contributed by atoms with Gasteiger partial charge in [-0.15, -0.1) is 0 Å². The highest BCUT2D eigenvalue weighted by Gasteiger charge is 2.48. The molecular weight excluding hydrogens is 593 g/mol. The quantitative estimate of drug-likeness (QED) is 0.452. The first-order valence-corrected chi connectivity index (χ1v) is 15.1. The number of fused-ring (bicyclic) bond motifs is 1. The normalized spacial score (nSPS) is 19.0. The van der Waals surface area contributed by atoms with Crippen molar-refractivity contribution >= 4 is 40.9 Å². The summed E-state index contributed by atoms with van der Waals surface area (Å²) < 4.78 is 51.0. The molecule has 1 aromatic carbocycles. The van der Waals surface area contributed by atoms with Crippen molar-refractivity contribution in [2.24, 2.45) is 0 Å². The molecule has 3 aliphatic rings. The zero-order valence-corrected chi connectivity index (χ0v) is 25.9. The summed E-state index contributed by atoms with van der Waals surface area (Å²) in [5.41, 5.74) is -0.301. The summed E-state index contributed by atoms with van der Waals surface area (Å²) in [4.78, 5) is 52.7. The maximum Gasteiger partial charge on any atom is 0.342 e. The van der Waals surface area contributed by atoms with Gasteiger partial charge < -0.3 is 35.0 Å². The van der Waals surface area contributed by atoms with Gasteiger partial charge in [-0.05, 0) is 45.8 Å². The molecule has 1 saturated heterocycles. The molecule has 3 heterocycles. The first kappa shape index (κ1) is 32.3. The van der Waals surface area contributed by atoms with Crippen molar-refractivity contribution in [2.75, 3.05) is 69.5 Å². The smallest absolute Gasteiger partial charge is 0.342 e. The Kier molecular flexibility index (Phi) is 9.37. The van der Waals surface area contributed by atoms with Crippen molar-refractivity contribution in [1.29, 1.82) is 0 Å². The number of ether oxygens (including phenoxy) is 1. The number of likely N-dealkylation sites (tertiary alicyclic amines) is 1. The largest absolute Gasteiger partial charge is 0.497 e. The highest BCUT2D eigenvalue weighted by atomic mass is 19.3. The predicted molar refractivity (Wildman–Crippen MR) is 162 cm³/mol. The lowest BCUT2D eigenvalue weighted by molar-refractivity contribution is -0.140. The lowest BCUT2D eigenvalue weighted by Gasteiger charge is -2.33. The second-order valence-electron chi connectivity index (χ2n) is 12.1. The first-order chi connectivity index (χ1) is 21.4. The second kappa shape index (κ2) is 13.1. The molecule has 2 fully saturated rings. The minimum Gasteiger partial charge on any atom is -0.497 e. The Hall–Kier alpha value is -4.14. The molecule has 1 aliphatic carbocycles. The Morgan fingerprint density at radius 2 is 1.82 bits per heavy atom. The average molecular weight is 633 g/mol. The van der Waals surface area contributed by atoms with Gasteiger partial charge in [-0.1, -0.05) is 12.8 Å². The van der Waals surface area contributed by atoms with Crippen LogP contribution in [0.4, 0.5) is 36.3 Å². The van der Waals surface area contributed by atoms with Crippen LogP contribution < -0.4 is 25.2 Å². The molecule has 2 aliphatic heterocycles. The summed E-state index contributed by atoms with van der Waals surface area (Å²) in [6.45, 7) is 0.428. The maximum atomic E-state index is 15.9. The van der Waals surface area contributed by atoms with E-state index < -0.39 is 30.1 Å². The van der Waals surface area contributed by atoms with Crippen LogP contribution in [0.1, 0.15) is 48.9 Å². The van der Waals surface area contributed by atoms with E-state index in [4.69, 9.17) is 4.74 Å². The third-order valence-corrected chi connectivity index (χ3v) is 8.54. The van der Waals surface area contributed by atoms with Crippen LogP contribution in [0, 0.1) is 5.82 Å².